The molecule has 2 aromatic rings. The highest BCUT2D eigenvalue weighted by atomic mass is 35.5. The van der Waals surface area contributed by atoms with Gasteiger partial charge in [-0.25, -0.2) is 13.4 Å². The summed E-state index contributed by atoms with van der Waals surface area (Å²) in [4.78, 5) is 11.8. The van der Waals surface area contributed by atoms with Gasteiger partial charge in [0.25, 0.3) is 5.91 Å². The van der Waals surface area contributed by atoms with E-state index >= 15 is 0 Å². The molecule has 1 heterocycles. The second-order valence-corrected chi connectivity index (χ2v) is 3.78. The molecule has 1 amide bonds. The molecule has 0 saturated heterocycles. The standard InChI is InChI=1S/C11H6ClF2N3O2/c12-7-5-6(1-2-8(7)14)15-11(18)10-9(3-4-13)16-19-17-10/h1-5H,(H,15,18)/b4-3-. The van der Waals surface area contributed by atoms with Gasteiger partial charge in [-0.3, -0.25) is 4.79 Å². The van der Waals surface area contributed by atoms with Gasteiger partial charge in [-0.2, -0.15) is 0 Å². The molecule has 0 unspecified atom stereocenters. The minimum absolute atomic E-state index is 0.0618. The van der Waals surface area contributed by atoms with Gasteiger partial charge in [0.15, 0.2) is 5.69 Å². The first kappa shape index (κ1) is 13.2. The van der Waals surface area contributed by atoms with Crippen LogP contribution in [-0.4, -0.2) is 16.2 Å². The summed E-state index contributed by atoms with van der Waals surface area (Å²) in [5, 5.41) is 8.95. The van der Waals surface area contributed by atoms with Crippen LogP contribution in [0.2, 0.25) is 5.02 Å². The first-order valence-corrected chi connectivity index (χ1v) is 5.35. The smallest absolute Gasteiger partial charge is 0.280 e. The maximum atomic E-state index is 12.9. The van der Waals surface area contributed by atoms with Gasteiger partial charge in [-0.15, -0.1) is 0 Å². The van der Waals surface area contributed by atoms with E-state index in [9.17, 15) is 13.6 Å². The molecular weight excluding hydrogens is 280 g/mol. The number of rotatable bonds is 3. The minimum Gasteiger partial charge on any atom is -0.320 e. The molecule has 8 heteroatoms. The first-order chi connectivity index (χ1) is 9.11. The van der Waals surface area contributed by atoms with Crippen LogP contribution in [0.4, 0.5) is 14.5 Å². The number of halogens is 3. The van der Waals surface area contributed by atoms with Crippen LogP contribution in [0, 0.1) is 5.82 Å². The number of carbonyl (C=O) groups excluding carboxylic acids is 1. The summed E-state index contributed by atoms with van der Waals surface area (Å²) in [7, 11) is 0. The summed E-state index contributed by atoms with van der Waals surface area (Å²) < 4.78 is 29.3. The van der Waals surface area contributed by atoms with Gasteiger partial charge >= 0.3 is 0 Å². The van der Waals surface area contributed by atoms with Crippen molar-refractivity contribution in [3.63, 3.8) is 0 Å². The van der Waals surface area contributed by atoms with E-state index in [1.807, 2.05) is 0 Å². The van der Waals surface area contributed by atoms with Crippen LogP contribution in [0.5, 0.6) is 0 Å². The van der Waals surface area contributed by atoms with Gasteiger partial charge in [0.05, 0.1) is 11.4 Å². The van der Waals surface area contributed by atoms with E-state index in [4.69, 9.17) is 11.6 Å². The molecule has 98 valence electrons. The van der Waals surface area contributed by atoms with E-state index in [0.717, 1.165) is 12.1 Å². The molecule has 0 saturated carbocycles. The number of benzene rings is 1. The zero-order valence-corrected chi connectivity index (χ0v) is 9.99. The molecule has 0 atom stereocenters. The van der Waals surface area contributed by atoms with E-state index in [1.165, 1.54) is 12.1 Å². The summed E-state index contributed by atoms with van der Waals surface area (Å²) >= 11 is 5.57. The Morgan fingerprint density at radius 3 is 2.89 bits per heavy atom. The van der Waals surface area contributed by atoms with Crippen LogP contribution in [0.1, 0.15) is 16.2 Å². The lowest BCUT2D eigenvalue weighted by Gasteiger charge is -2.03. The molecule has 1 N–H and O–H groups in total. The summed E-state index contributed by atoms with van der Waals surface area (Å²) in [5.41, 5.74) is -0.00265. The van der Waals surface area contributed by atoms with Crippen molar-refractivity contribution >= 4 is 29.3 Å². The fraction of sp³-hybridized carbons (Fsp3) is 0. The molecule has 1 aromatic carbocycles. The SMILES string of the molecule is O=C(Nc1ccc(F)c(Cl)c1)c1nonc1/C=C\F. The molecule has 1 aromatic heterocycles. The highest BCUT2D eigenvalue weighted by molar-refractivity contribution is 6.31. The van der Waals surface area contributed by atoms with Crippen molar-refractivity contribution in [1.29, 1.82) is 0 Å². The monoisotopic (exact) mass is 285 g/mol. The second kappa shape index (κ2) is 5.57. The van der Waals surface area contributed by atoms with Crippen molar-refractivity contribution in [2.24, 2.45) is 0 Å². The zero-order valence-electron chi connectivity index (χ0n) is 9.23. The lowest BCUT2D eigenvalue weighted by molar-refractivity contribution is 0.101. The Balaban J connectivity index is 2.20. The third-order valence-corrected chi connectivity index (χ3v) is 2.42. The van der Waals surface area contributed by atoms with Gasteiger partial charge in [-0.05, 0) is 34.6 Å². The summed E-state index contributed by atoms with van der Waals surface area (Å²) in [5.74, 6) is -1.29. The average Bonchev–Trinajstić information content (AvgIpc) is 2.83. The maximum absolute atomic E-state index is 12.9. The zero-order chi connectivity index (χ0) is 13.8. The third-order valence-electron chi connectivity index (χ3n) is 2.13. The van der Waals surface area contributed by atoms with Crippen molar-refractivity contribution in [2.75, 3.05) is 5.32 Å². The minimum atomic E-state index is -0.683. The Hall–Kier alpha value is -2.28. The number of hydrogen-bond acceptors (Lipinski definition) is 4. The Labute approximate surface area is 110 Å². The van der Waals surface area contributed by atoms with Gasteiger partial charge in [0.1, 0.15) is 11.5 Å². The molecule has 19 heavy (non-hydrogen) atoms. The number of carbonyl (C=O) groups is 1. The number of hydrogen-bond donors (Lipinski definition) is 1. The van der Waals surface area contributed by atoms with Crippen LogP contribution in [0.25, 0.3) is 6.08 Å². The Morgan fingerprint density at radius 1 is 1.42 bits per heavy atom. The molecule has 5 nitrogen and oxygen atoms in total. The first-order valence-electron chi connectivity index (χ1n) is 4.97. The second-order valence-electron chi connectivity index (χ2n) is 3.37. The van der Waals surface area contributed by atoms with E-state index in [-0.39, 0.29) is 28.4 Å². The number of nitrogens with zero attached hydrogens (tertiary/aromatic N) is 2. The number of aromatic nitrogens is 2. The van der Waals surface area contributed by atoms with Crippen molar-refractivity contribution < 1.29 is 18.2 Å². The molecule has 0 fully saturated rings. The third kappa shape index (κ3) is 2.94. The highest BCUT2D eigenvalue weighted by Gasteiger charge is 2.17. The summed E-state index contributed by atoms with van der Waals surface area (Å²) in [6.45, 7) is 0. The quantitative estimate of drug-likeness (QED) is 0.941. The number of anilines is 1. The van der Waals surface area contributed by atoms with Crippen LogP contribution in [0.15, 0.2) is 29.2 Å². The molecule has 0 radical (unpaired) electrons. The van der Waals surface area contributed by atoms with Crippen LogP contribution in [0.3, 0.4) is 0 Å². The number of nitrogens with one attached hydrogen (secondary N) is 1. The summed E-state index contributed by atoms with van der Waals surface area (Å²) in [6.07, 6.45) is 1.12. The van der Waals surface area contributed by atoms with Crippen molar-refractivity contribution in [2.45, 2.75) is 0 Å². The normalized spacial score (nSPS) is 10.9. The largest absolute Gasteiger partial charge is 0.320 e. The van der Waals surface area contributed by atoms with Crippen molar-refractivity contribution in [3.05, 3.63) is 46.8 Å². The van der Waals surface area contributed by atoms with Gasteiger partial charge < -0.3 is 5.32 Å². The van der Waals surface area contributed by atoms with Crippen LogP contribution >= 0.6 is 11.6 Å². The summed E-state index contributed by atoms with van der Waals surface area (Å²) in [6, 6.07) is 3.64. The Morgan fingerprint density at radius 2 is 2.21 bits per heavy atom. The van der Waals surface area contributed by atoms with Gasteiger partial charge in [0.2, 0.25) is 0 Å². The molecule has 0 bridgehead atoms. The van der Waals surface area contributed by atoms with E-state index in [0.29, 0.717) is 0 Å². The molecule has 0 aliphatic carbocycles. The lowest BCUT2D eigenvalue weighted by Crippen LogP contribution is -2.13. The molecular formula is C11H6ClF2N3O2. The van der Waals surface area contributed by atoms with E-state index < -0.39 is 11.7 Å². The predicted molar refractivity (Wildman–Crippen MR) is 63.8 cm³/mol. The van der Waals surface area contributed by atoms with Gasteiger partial charge in [-0.1, -0.05) is 11.6 Å². The van der Waals surface area contributed by atoms with Crippen molar-refractivity contribution in [3.8, 4) is 0 Å². The average molecular weight is 286 g/mol. The highest BCUT2D eigenvalue weighted by Crippen LogP contribution is 2.20. The lowest BCUT2D eigenvalue weighted by atomic mass is 10.2. The fourth-order valence-electron chi connectivity index (χ4n) is 1.29. The maximum Gasteiger partial charge on any atom is 0.280 e. The van der Waals surface area contributed by atoms with Crippen LogP contribution < -0.4 is 5.32 Å². The molecule has 0 aliphatic heterocycles. The predicted octanol–water partition coefficient (Wildman–Crippen LogP) is 3.05. The topological polar surface area (TPSA) is 68.0 Å². The number of amides is 1. The van der Waals surface area contributed by atoms with E-state index in [2.05, 4.69) is 20.3 Å². The van der Waals surface area contributed by atoms with E-state index in [1.54, 1.807) is 0 Å². The molecule has 0 aliphatic rings. The van der Waals surface area contributed by atoms with Crippen molar-refractivity contribution in [1.82, 2.24) is 10.3 Å². The Kier molecular flexibility index (Phi) is 3.86. The molecule has 0 spiro atoms. The Bertz CT molecular complexity index is 643. The van der Waals surface area contributed by atoms with Gasteiger partial charge in [0, 0.05) is 5.69 Å². The molecule has 2 rings (SSSR count). The van der Waals surface area contributed by atoms with Crippen LogP contribution in [-0.2, 0) is 0 Å². The fourth-order valence-corrected chi connectivity index (χ4v) is 1.47.